The predicted octanol–water partition coefficient (Wildman–Crippen LogP) is 1.71. The van der Waals surface area contributed by atoms with Gasteiger partial charge in [0.15, 0.2) is 29.7 Å². The zero-order chi connectivity index (χ0) is 20.9. The zero-order valence-electron chi connectivity index (χ0n) is 17.1. The van der Waals surface area contributed by atoms with Crippen molar-refractivity contribution in [3.05, 3.63) is 54.4 Å². The molecular formula is C21H24N6O3. The molecule has 9 nitrogen and oxygen atoms in total. The third-order valence-electron chi connectivity index (χ3n) is 4.97. The molecule has 156 valence electrons. The molecule has 0 atom stereocenters. The largest absolute Gasteiger partial charge is 0.493 e. The van der Waals surface area contributed by atoms with Crippen molar-refractivity contribution in [1.82, 2.24) is 24.9 Å². The second-order valence-electron chi connectivity index (χ2n) is 6.96. The fourth-order valence-corrected chi connectivity index (χ4v) is 3.31. The molecule has 3 heterocycles. The highest BCUT2D eigenvalue weighted by Crippen LogP contribution is 2.25. The summed E-state index contributed by atoms with van der Waals surface area (Å²) in [5, 5.41) is 12.9. The number of ether oxygens (including phenoxy) is 2. The van der Waals surface area contributed by atoms with Gasteiger partial charge in [-0.25, -0.2) is 4.68 Å². The topological polar surface area (TPSA) is 85.6 Å². The molecule has 1 aliphatic rings. The quantitative estimate of drug-likeness (QED) is 0.614. The molecule has 0 saturated carbocycles. The number of anilines is 1. The fraction of sp³-hybridized carbons (Fsp3) is 0.333. The monoisotopic (exact) mass is 408 g/mol. The molecule has 1 aliphatic heterocycles. The summed E-state index contributed by atoms with van der Waals surface area (Å²) in [6.07, 6.45) is 1.86. The number of piperazine rings is 1. The molecule has 0 N–H and O–H groups in total. The second-order valence-corrected chi connectivity index (χ2v) is 6.96. The SMILES string of the molecule is COc1ccccc1OCC(=O)N1CCN(c2ccc(-n3ccc(C)n3)nn2)CC1. The maximum absolute atomic E-state index is 12.5. The molecule has 0 unspecified atom stereocenters. The van der Waals surface area contributed by atoms with Crippen LogP contribution in [0.5, 0.6) is 11.5 Å². The number of para-hydroxylation sites is 2. The third kappa shape index (κ3) is 4.35. The molecule has 0 bridgehead atoms. The molecule has 30 heavy (non-hydrogen) atoms. The van der Waals surface area contributed by atoms with Crippen molar-refractivity contribution in [2.24, 2.45) is 0 Å². The van der Waals surface area contributed by atoms with Gasteiger partial charge >= 0.3 is 0 Å². The van der Waals surface area contributed by atoms with E-state index in [0.717, 1.165) is 11.5 Å². The van der Waals surface area contributed by atoms with Gasteiger partial charge in [-0.3, -0.25) is 4.79 Å². The van der Waals surface area contributed by atoms with E-state index in [1.165, 1.54) is 0 Å². The average Bonchev–Trinajstić information content (AvgIpc) is 3.24. The summed E-state index contributed by atoms with van der Waals surface area (Å²) in [6, 6.07) is 13.0. The summed E-state index contributed by atoms with van der Waals surface area (Å²) >= 11 is 0. The van der Waals surface area contributed by atoms with Gasteiger partial charge in [0.2, 0.25) is 0 Å². The number of carbonyl (C=O) groups is 1. The van der Waals surface area contributed by atoms with E-state index in [1.807, 2.05) is 43.5 Å². The molecule has 1 aromatic carbocycles. The lowest BCUT2D eigenvalue weighted by atomic mass is 10.3. The standard InChI is InChI=1S/C21H24N6O3/c1-16-9-10-27(24-16)20-8-7-19(22-23-20)25-11-13-26(14-12-25)21(28)15-30-18-6-4-3-5-17(18)29-2/h3-10H,11-15H2,1-2H3. The average molecular weight is 408 g/mol. The van der Waals surface area contributed by atoms with Crippen LogP contribution in [0.2, 0.25) is 0 Å². The number of benzene rings is 1. The van der Waals surface area contributed by atoms with Crippen LogP contribution in [0.25, 0.3) is 5.82 Å². The van der Waals surface area contributed by atoms with E-state index >= 15 is 0 Å². The summed E-state index contributed by atoms with van der Waals surface area (Å²) in [5.74, 6) is 2.60. The lowest BCUT2D eigenvalue weighted by Crippen LogP contribution is -2.50. The Hall–Kier alpha value is -3.62. The number of aryl methyl sites for hydroxylation is 1. The van der Waals surface area contributed by atoms with Gasteiger partial charge < -0.3 is 19.3 Å². The second kappa shape index (κ2) is 8.81. The van der Waals surface area contributed by atoms with Crippen molar-refractivity contribution in [2.75, 3.05) is 44.8 Å². The smallest absolute Gasteiger partial charge is 0.260 e. The number of amides is 1. The van der Waals surface area contributed by atoms with Crippen LogP contribution >= 0.6 is 0 Å². The molecular weight excluding hydrogens is 384 g/mol. The van der Waals surface area contributed by atoms with Gasteiger partial charge in [-0.2, -0.15) is 5.10 Å². The minimum atomic E-state index is -0.0453. The van der Waals surface area contributed by atoms with E-state index in [0.29, 0.717) is 43.5 Å². The first-order valence-corrected chi connectivity index (χ1v) is 9.79. The van der Waals surface area contributed by atoms with Crippen LogP contribution in [0.4, 0.5) is 5.82 Å². The minimum Gasteiger partial charge on any atom is -0.493 e. The number of rotatable bonds is 6. The van der Waals surface area contributed by atoms with Crippen LogP contribution in [0.1, 0.15) is 5.69 Å². The van der Waals surface area contributed by atoms with Gasteiger partial charge in [0, 0.05) is 32.4 Å². The molecule has 4 rings (SSSR count). The summed E-state index contributed by atoms with van der Waals surface area (Å²) in [4.78, 5) is 16.4. The Kier molecular flexibility index (Phi) is 5.78. The van der Waals surface area contributed by atoms with Crippen molar-refractivity contribution in [3.63, 3.8) is 0 Å². The normalized spacial score (nSPS) is 13.9. The summed E-state index contributed by atoms with van der Waals surface area (Å²) in [7, 11) is 1.58. The van der Waals surface area contributed by atoms with E-state index in [9.17, 15) is 4.79 Å². The Bertz CT molecular complexity index is 996. The predicted molar refractivity (Wildman–Crippen MR) is 111 cm³/mol. The van der Waals surface area contributed by atoms with Crippen LogP contribution in [-0.2, 0) is 4.79 Å². The van der Waals surface area contributed by atoms with Gasteiger partial charge in [0.1, 0.15) is 0 Å². The fourth-order valence-electron chi connectivity index (χ4n) is 3.31. The maximum atomic E-state index is 12.5. The maximum Gasteiger partial charge on any atom is 0.260 e. The molecule has 1 fully saturated rings. The minimum absolute atomic E-state index is 0.0157. The van der Waals surface area contributed by atoms with Crippen LogP contribution in [0.3, 0.4) is 0 Å². The molecule has 0 radical (unpaired) electrons. The van der Waals surface area contributed by atoms with Crippen LogP contribution in [0.15, 0.2) is 48.7 Å². The van der Waals surface area contributed by atoms with Crippen molar-refractivity contribution in [3.8, 4) is 17.3 Å². The van der Waals surface area contributed by atoms with E-state index in [-0.39, 0.29) is 12.5 Å². The Morgan fingerprint density at radius 2 is 1.67 bits per heavy atom. The number of hydrogen-bond acceptors (Lipinski definition) is 7. The first kappa shape index (κ1) is 19.7. The Labute approximate surface area is 174 Å². The van der Waals surface area contributed by atoms with Gasteiger partial charge in [-0.05, 0) is 37.3 Å². The molecule has 2 aromatic heterocycles. The van der Waals surface area contributed by atoms with E-state index < -0.39 is 0 Å². The van der Waals surface area contributed by atoms with Gasteiger partial charge in [-0.15, -0.1) is 10.2 Å². The molecule has 1 amide bonds. The van der Waals surface area contributed by atoms with Crippen LogP contribution < -0.4 is 14.4 Å². The summed E-state index contributed by atoms with van der Waals surface area (Å²) in [6.45, 7) is 4.51. The van der Waals surface area contributed by atoms with Gasteiger partial charge in [-0.1, -0.05) is 12.1 Å². The molecule has 1 saturated heterocycles. The van der Waals surface area contributed by atoms with Crippen molar-refractivity contribution in [1.29, 1.82) is 0 Å². The van der Waals surface area contributed by atoms with Crippen LogP contribution in [0, 0.1) is 6.92 Å². The Morgan fingerprint density at radius 1 is 0.967 bits per heavy atom. The number of nitrogens with zero attached hydrogens (tertiary/aromatic N) is 6. The number of carbonyl (C=O) groups excluding carboxylic acids is 1. The van der Waals surface area contributed by atoms with E-state index in [1.54, 1.807) is 28.8 Å². The zero-order valence-corrected chi connectivity index (χ0v) is 17.1. The van der Waals surface area contributed by atoms with Crippen molar-refractivity contribution < 1.29 is 14.3 Å². The van der Waals surface area contributed by atoms with Crippen molar-refractivity contribution in [2.45, 2.75) is 6.92 Å². The van der Waals surface area contributed by atoms with Crippen molar-refractivity contribution >= 4 is 11.7 Å². The molecule has 3 aromatic rings. The number of hydrogen-bond donors (Lipinski definition) is 0. The molecule has 0 aliphatic carbocycles. The Balaban J connectivity index is 1.29. The lowest BCUT2D eigenvalue weighted by molar-refractivity contribution is -0.133. The highest BCUT2D eigenvalue weighted by atomic mass is 16.5. The first-order chi connectivity index (χ1) is 14.6. The number of aromatic nitrogens is 4. The summed E-state index contributed by atoms with van der Waals surface area (Å²) in [5.41, 5.74) is 0.927. The lowest BCUT2D eigenvalue weighted by Gasteiger charge is -2.35. The Morgan fingerprint density at radius 3 is 2.30 bits per heavy atom. The van der Waals surface area contributed by atoms with Crippen LogP contribution in [-0.4, -0.2) is 70.7 Å². The molecule has 0 spiro atoms. The summed E-state index contributed by atoms with van der Waals surface area (Å²) < 4.78 is 12.6. The third-order valence-corrected chi connectivity index (χ3v) is 4.97. The van der Waals surface area contributed by atoms with Gasteiger partial charge in [0.25, 0.3) is 5.91 Å². The number of methoxy groups -OCH3 is 1. The van der Waals surface area contributed by atoms with E-state index in [4.69, 9.17) is 9.47 Å². The highest BCUT2D eigenvalue weighted by molar-refractivity contribution is 5.78. The first-order valence-electron chi connectivity index (χ1n) is 9.79. The highest BCUT2D eigenvalue weighted by Gasteiger charge is 2.23. The van der Waals surface area contributed by atoms with E-state index in [2.05, 4.69) is 20.2 Å². The molecule has 9 heteroatoms. The van der Waals surface area contributed by atoms with Gasteiger partial charge in [0.05, 0.1) is 12.8 Å².